The lowest BCUT2D eigenvalue weighted by atomic mass is 10.1. The lowest BCUT2D eigenvalue weighted by molar-refractivity contribution is -0.115. The van der Waals surface area contributed by atoms with Crippen LogP contribution in [0, 0.1) is 0 Å². The minimum absolute atomic E-state index is 0.00473. The topological polar surface area (TPSA) is 81.2 Å². The van der Waals surface area contributed by atoms with Gasteiger partial charge in [0.15, 0.2) is 10.1 Å². The molecule has 24 heavy (non-hydrogen) atoms. The fourth-order valence-electron chi connectivity index (χ4n) is 1.70. The van der Waals surface area contributed by atoms with E-state index in [1.807, 2.05) is 13.8 Å². The monoisotopic (exact) mass is 365 g/mol. The highest BCUT2D eigenvalue weighted by Gasteiger charge is 2.11. The van der Waals surface area contributed by atoms with Gasteiger partial charge in [0.2, 0.25) is 5.91 Å². The Hall–Kier alpha value is -1.93. The minimum atomic E-state index is -0.0553. The van der Waals surface area contributed by atoms with Crippen molar-refractivity contribution in [1.29, 1.82) is 0 Å². The van der Waals surface area contributed by atoms with Gasteiger partial charge in [0.1, 0.15) is 0 Å². The second-order valence-electron chi connectivity index (χ2n) is 5.19. The third-order valence-corrected chi connectivity index (χ3v) is 4.81. The number of hydrogen-bond acceptors (Lipinski definition) is 7. The Morgan fingerprint density at radius 3 is 2.58 bits per heavy atom. The molecule has 1 aromatic heterocycles. The Morgan fingerprint density at radius 2 is 1.96 bits per heavy atom. The molecule has 2 aromatic rings. The standard InChI is InChI=1S/C16H19N3O3S2/c1-4-14(21)17-12-7-5-11(6-8-12)13(20)9-23-16-19-18-15(24-16)22-10(2)3/h5-8,10H,4,9H2,1-3H3,(H,17,21). The molecule has 128 valence electrons. The Labute approximate surface area is 149 Å². The first-order chi connectivity index (χ1) is 11.5. The lowest BCUT2D eigenvalue weighted by Crippen LogP contribution is -2.09. The van der Waals surface area contributed by atoms with Crippen LogP contribution < -0.4 is 10.1 Å². The summed E-state index contributed by atoms with van der Waals surface area (Å²) in [7, 11) is 0. The summed E-state index contributed by atoms with van der Waals surface area (Å²) >= 11 is 2.66. The molecule has 0 atom stereocenters. The number of Topliss-reactive ketones (excluding diaryl/α,β-unsaturated/α-hetero) is 1. The number of aromatic nitrogens is 2. The number of carbonyl (C=O) groups is 2. The van der Waals surface area contributed by atoms with Crippen molar-refractivity contribution >= 4 is 40.5 Å². The van der Waals surface area contributed by atoms with E-state index in [0.717, 1.165) is 0 Å². The quantitative estimate of drug-likeness (QED) is 0.568. The fraction of sp³-hybridized carbons (Fsp3) is 0.375. The molecule has 0 radical (unpaired) electrons. The van der Waals surface area contributed by atoms with Crippen molar-refractivity contribution in [2.75, 3.05) is 11.1 Å². The molecular formula is C16H19N3O3S2. The van der Waals surface area contributed by atoms with Gasteiger partial charge in [-0.25, -0.2) is 0 Å². The number of carbonyl (C=O) groups excluding carboxylic acids is 2. The van der Waals surface area contributed by atoms with Gasteiger partial charge in [0, 0.05) is 17.7 Å². The Morgan fingerprint density at radius 1 is 1.25 bits per heavy atom. The molecule has 0 spiro atoms. The summed E-state index contributed by atoms with van der Waals surface area (Å²) < 4.78 is 6.15. The zero-order chi connectivity index (χ0) is 17.5. The highest BCUT2D eigenvalue weighted by atomic mass is 32.2. The first-order valence-corrected chi connectivity index (χ1v) is 9.34. The van der Waals surface area contributed by atoms with Crippen molar-refractivity contribution in [3.8, 4) is 5.19 Å². The average molecular weight is 365 g/mol. The molecule has 0 unspecified atom stereocenters. The van der Waals surface area contributed by atoms with Gasteiger partial charge in [-0.1, -0.05) is 23.8 Å². The predicted octanol–water partition coefficient (Wildman–Crippen LogP) is 3.65. The first kappa shape index (κ1) is 18.4. The van der Waals surface area contributed by atoms with Gasteiger partial charge < -0.3 is 10.1 Å². The molecular weight excluding hydrogens is 346 g/mol. The van der Waals surface area contributed by atoms with E-state index in [2.05, 4.69) is 15.5 Å². The number of nitrogens with one attached hydrogen (secondary N) is 1. The van der Waals surface area contributed by atoms with Crippen LogP contribution in [0.3, 0.4) is 0 Å². The number of hydrogen-bond donors (Lipinski definition) is 1. The molecule has 0 aliphatic heterocycles. The molecule has 1 N–H and O–H groups in total. The van der Waals surface area contributed by atoms with Crippen LogP contribution in [0.1, 0.15) is 37.6 Å². The number of thioether (sulfide) groups is 1. The Kier molecular flexibility index (Phi) is 6.74. The highest BCUT2D eigenvalue weighted by Crippen LogP contribution is 2.28. The van der Waals surface area contributed by atoms with Gasteiger partial charge in [-0.15, -0.1) is 5.10 Å². The average Bonchev–Trinajstić information content (AvgIpc) is 2.99. The van der Waals surface area contributed by atoms with Gasteiger partial charge in [-0.2, -0.15) is 0 Å². The van der Waals surface area contributed by atoms with E-state index in [9.17, 15) is 9.59 Å². The molecule has 1 aromatic carbocycles. The predicted molar refractivity (Wildman–Crippen MR) is 96.1 cm³/mol. The summed E-state index contributed by atoms with van der Waals surface area (Å²) in [5.41, 5.74) is 1.28. The number of rotatable bonds is 8. The van der Waals surface area contributed by atoms with Gasteiger partial charge in [0.25, 0.3) is 5.19 Å². The van der Waals surface area contributed by atoms with Crippen LogP contribution >= 0.6 is 23.1 Å². The Balaban J connectivity index is 1.88. The maximum absolute atomic E-state index is 12.2. The van der Waals surface area contributed by atoms with Gasteiger partial charge >= 0.3 is 0 Å². The van der Waals surface area contributed by atoms with Crippen molar-refractivity contribution < 1.29 is 14.3 Å². The van der Waals surface area contributed by atoms with Crippen LogP contribution in [0.25, 0.3) is 0 Å². The summed E-state index contributed by atoms with van der Waals surface area (Å²) in [4.78, 5) is 23.5. The number of ketones is 1. The number of benzene rings is 1. The number of anilines is 1. The van der Waals surface area contributed by atoms with E-state index in [4.69, 9.17) is 4.74 Å². The van der Waals surface area contributed by atoms with Crippen LogP contribution in [0.5, 0.6) is 5.19 Å². The zero-order valence-electron chi connectivity index (χ0n) is 13.7. The van der Waals surface area contributed by atoms with Crippen molar-refractivity contribution in [1.82, 2.24) is 10.2 Å². The van der Waals surface area contributed by atoms with E-state index in [1.165, 1.54) is 23.1 Å². The van der Waals surface area contributed by atoms with Crippen LogP contribution in [-0.2, 0) is 4.79 Å². The largest absolute Gasteiger partial charge is 0.466 e. The minimum Gasteiger partial charge on any atom is -0.466 e. The van der Waals surface area contributed by atoms with Crippen LogP contribution in [0.2, 0.25) is 0 Å². The fourth-order valence-corrected chi connectivity index (χ4v) is 3.40. The molecule has 0 fully saturated rings. The maximum atomic E-state index is 12.2. The number of amides is 1. The third-order valence-electron chi connectivity index (χ3n) is 2.86. The normalized spacial score (nSPS) is 10.7. The lowest BCUT2D eigenvalue weighted by Gasteiger charge is -2.04. The Bertz CT molecular complexity index is 699. The van der Waals surface area contributed by atoms with E-state index >= 15 is 0 Å². The molecule has 0 saturated heterocycles. The summed E-state index contributed by atoms with van der Waals surface area (Å²) in [6.45, 7) is 5.63. The van der Waals surface area contributed by atoms with Crippen molar-refractivity contribution in [3.63, 3.8) is 0 Å². The first-order valence-electron chi connectivity index (χ1n) is 7.54. The summed E-state index contributed by atoms with van der Waals surface area (Å²) in [6.07, 6.45) is 0.464. The molecule has 1 heterocycles. The molecule has 2 rings (SSSR count). The van der Waals surface area contributed by atoms with E-state index < -0.39 is 0 Å². The zero-order valence-corrected chi connectivity index (χ0v) is 15.4. The van der Waals surface area contributed by atoms with Crippen LogP contribution in [0.15, 0.2) is 28.6 Å². The molecule has 8 heteroatoms. The van der Waals surface area contributed by atoms with Gasteiger partial charge in [-0.05, 0) is 49.4 Å². The van der Waals surface area contributed by atoms with E-state index in [0.29, 0.717) is 27.2 Å². The number of ether oxygens (including phenoxy) is 1. The van der Waals surface area contributed by atoms with Gasteiger partial charge in [-0.3, -0.25) is 9.59 Å². The van der Waals surface area contributed by atoms with Crippen LogP contribution in [0.4, 0.5) is 5.69 Å². The van der Waals surface area contributed by atoms with E-state index in [1.54, 1.807) is 31.2 Å². The van der Waals surface area contributed by atoms with Crippen molar-refractivity contribution in [2.45, 2.75) is 37.6 Å². The number of nitrogens with zero attached hydrogens (tertiary/aromatic N) is 2. The summed E-state index contributed by atoms with van der Waals surface area (Å²) in [5.74, 6) is 0.215. The molecule has 6 nitrogen and oxygen atoms in total. The SMILES string of the molecule is CCC(=O)Nc1ccc(C(=O)CSc2nnc(OC(C)C)s2)cc1. The molecule has 0 aliphatic rings. The van der Waals surface area contributed by atoms with Gasteiger partial charge in [0.05, 0.1) is 11.9 Å². The van der Waals surface area contributed by atoms with Crippen molar-refractivity contribution in [2.24, 2.45) is 0 Å². The smallest absolute Gasteiger partial charge is 0.295 e. The second kappa shape index (κ2) is 8.79. The maximum Gasteiger partial charge on any atom is 0.295 e. The van der Waals surface area contributed by atoms with Crippen molar-refractivity contribution in [3.05, 3.63) is 29.8 Å². The molecule has 1 amide bonds. The highest BCUT2D eigenvalue weighted by molar-refractivity contribution is 8.01. The summed E-state index contributed by atoms with van der Waals surface area (Å²) in [6, 6.07) is 6.87. The van der Waals surface area contributed by atoms with E-state index in [-0.39, 0.29) is 23.5 Å². The summed E-state index contributed by atoms with van der Waals surface area (Å²) in [5, 5.41) is 11.2. The second-order valence-corrected chi connectivity index (χ2v) is 7.35. The molecule has 0 aliphatic carbocycles. The van der Waals surface area contributed by atoms with Crippen LogP contribution in [-0.4, -0.2) is 33.7 Å². The molecule has 0 bridgehead atoms. The third kappa shape index (κ3) is 5.61. The molecule has 0 saturated carbocycles.